The fourth-order valence-electron chi connectivity index (χ4n) is 1.47. The molecule has 0 saturated carbocycles. The summed E-state index contributed by atoms with van der Waals surface area (Å²) in [5, 5.41) is 5.00. The minimum Gasteiger partial charge on any atom is -0.348 e. The molecular weight excluding hydrogens is 218 g/mol. The van der Waals surface area contributed by atoms with E-state index in [0.29, 0.717) is 0 Å². The van der Waals surface area contributed by atoms with Gasteiger partial charge in [-0.2, -0.15) is 5.10 Å². The summed E-state index contributed by atoms with van der Waals surface area (Å²) in [4.78, 5) is 2.11. The second-order valence-corrected chi connectivity index (χ2v) is 4.21. The molecule has 1 heterocycles. The third kappa shape index (κ3) is 2.58. The predicted octanol–water partition coefficient (Wildman–Crippen LogP) is 1.99. The molecule has 1 N–H and O–H groups in total. The first-order chi connectivity index (χ1) is 7.77. The molecule has 0 amide bonds. The van der Waals surface area contributed by atoms with Gasteiger partial charge in [-0.3, -0.25) is 5.43 Å². The fraction of sp³-hybridized carbons (Fsp3) is 0.333. The van der Waals surface area contributed by atoms with Gasteiger partial charge in [-0.05, 0) is 31.1 Å². The summed E-state index contributed by atoms with van der Waals surface area (Å²) < 4.78 is 0. The molecule has 0 aliphatic carbocycles. The van der Waals surface area contributed by atoms with Crippen LogP contribution in [0.4, 0.5) is 0 Å². The Hall–Kier alpha value is -1.42. The summed E-state index contributed by atoms with van der Waals surface area (Å²) in [7, 11) is 0. The third-order valence-electron chi connectivity index (χ3n) is 2.65. The van der Waals surface area contributed by atoms with E-state index in [1.54, 1.807) is 0 Å². The molecule has 3 nitrogen and oxygen atoms in total. The van der Waals surface area contributed by atoms with Gasteiger partial charge in [0.25, 0.3) is 0 Å². The Morgan fingerprint density at radius 3 is 2.56 bits per heavy atom. The van der Waals surface area contributed by atoms with Crippen LogP contribution in [0.2, 0.25) is 0 Å². The SMILES string of the molecule is C/C(=N\NC(=S)N1CCC1)c1ccccc1. The van der Waals surface area contributed by atoms with E-state index >= 15 is 0 Å². The second-order valence-electron chi connectivity index (χ2n) is 3.82. The summed E-state index contributed by atoms with van der Waals surface area (Å²) in [5.74, 6) is 0. The van der Waals surface area contributed by atoms with Crippen LogP contribution in [-0.2, 0) is 0 Å². The zero-order chi connectivity index (χ0) is 11.4. The molecule has 1 fully saturated rings. The van der Waals surface area contributed by atoms with Crippen molar-refractivity contribution in [3.8, 4) is 0 Å². The molecule has 2 rings (SSSR count). The maximum atomic E-state index is 5.20. The van der Waals surface area contributed by atoms with Crippen LogP contribution in [0.25, 0.3) is 0 Å². The monoisotopic (exact) mass is 233 g/mol. The number of nitrogens with one attached hydrogen (secondary N) is 1. The van der Waals surface area contributed by atoms with Crippen LogP contribution in [0.1, 0.15) is 18.9 Å². The van der Waals surface area contributed by atoms with Crippen LogP contribution in [0.5, 0.6) is 0 Å². The normalized spacial score (nSPS) is 15.6. The highest BCUT2D eigenvalue weighted by Crippen LogP contribution is 2.05. The van der Waals surface area contributed by atoms with Crippen molar-refractivity contribution in [3.05, 3.63) is 35.9 Å². The number of benzene rings is 1. The molecule has 16 heavy (non-hydrogen) atoms. The summed E-state index contributed by atoms with van der Waals surface area (Å²) in [6.07, 6.45) is 1.23. The first kappa shape index (κ1) is 11.1. The van der Waals surface area contributed by atoms with Crippen molar-refractivity contribution < 1.29 is 0 Å². The lowest BCUT2D eigenvalue weighted by atomic mass is 10.1. The van der Waals surface area contributed by atoms with Crippen LogP contribution in [0.15, 0.2) is 35.4 Å². The van der Waals surface area contributed by atoms with Crippen molar-refractivity contribution >= 4 is 23.0 Å². The molecule has 1 aliphatic rings. The molecule has 84 valence electrons. The lowest BCUT2D eigenvalue weighted by Crippen LogP contribution is -2.46. The van der Waals surface area contributed by atoms with Crippen LogP contribution in [0.3, 0.4) is 0 Å². The van der Waals surface area contributed by atoms with Gasteiger partial charge >= 0.3 is 0 Å². The molecule has 1 aromatic carbocycles. The Morgan fingerprint density at radius 2 is 2.00 bits per heavy atom. The van der Waals surface area contributed by atoms with Gasteiger partial charge in [0.05, 0.1) is 5.71 Å². The van der Waals surface area contributed by atoms with Gasteiger partial charge in [0.15, 0.2) is 5.11 Å². The van der Waals surface area contributed by atoms with Gasteiger partial charge in [0.2, 0.25) is 0 Å². The molecule has 0 atom stereocenters. The average molecular weight is 233 g/mol. The van der Waals surface area contributed by atoms with E-state index in [4.69, 9.17) is 12.2 Å². The quantitative estimate of drug-likeness (QED) is 0.481. The highest BCUT2D eigenvalue weighted by Gasteiger charge is 2.16. The van der Waals surface area contributed by atoms with Gasteiger partial charge in [-0.15, -0.1) is 0 Å². The standard InChI is InChI=1S/C12H15N3S/c1-10(11-6-3-2-4-7-11)13-14-12(16)15-8-5-9-15/h2-4,6-7H,5,8-9H2,1H3,(H,14,16)/b13-10+. The first-order valence-electron chi connectivity index (χ1n) is 5.42. The number of hydrogen-bond acceptors (Lipinski definition) is 2. The van der Waals surface area contributed by atoms with Crippen LogP contribution in [-0.4, -0.2) is 28.8 Å². The van der Waals surface area contributed by atoms with E-state index in [1.165, 1.54) is 6.42 Å². The van der Waals surface area contributed by atoms with E-state index < -0.39 is 0 Å². The van der Waals surface area contributed by atoms with Gasteiger partial charge in [0, 0.05) is 13.1 Å². The molecule has 0 spiro atoms. The van der Waals surface area contributed by atoms with E-state index in [2.05, 4.69) is 15.4 Å². The Balaban J connectivity index is 1.94. The Morgan fingerprint density at radius 1 is 1.31 bits per heavy atom. The van der Waals surface area contributed by atoms with Gasteiger partial charge in [0.1, 0.15) is 0 Å². The highest BCUT2D eigenvalue weighted by atomic mass is 32.1. The van der Waals surface area contributed by atoms with Gasteiger partial charge in [-0.25, -0.2) is 0 Å². The number of rotatable bonds is 2. The van der Waals surface area contributed by atoms with Crippen molar-refractivity contribution in [2.24, 2.45) is 5.10 Å². The smallest absolute Gasteiger partial charge is 0.189 e. The van der Waals surface area contributed by atoms with E-state index in [1.807, 2.05) is 37.3 Å². The molecule has 4 heteroatoms. The number of hydrazone groups is 1. The lowest BCUT2D eigenvalue weighted by molar-refractivity contribution is 0.296. The minimum atomic E-state index is 0.724. The van der Waals surface area contributed by atoms with Crippen LogP contribution >= 0.6 is 12.2 Å². The zero-order valence-electron chi connectivity index (χ0n) is 9.31. The molecule has 1 aliphatic heterocycles. The fourth-order valence-corrected chi connectivity index (χ4v) is 1.69. The first-order valence-corrected chi connectivity index (χ1v) is 5.83. The van der Waals surface area contributed by atoms with E-state index in [9.17, 15) is 0 Å². The summed E-state index contributed by atoms with van der Waals surface area (Å²) in [6, 6.07) is 10.1. The minimum absolute atomic E-state index is 0.724. The predicted molar refractivity (Wildman–Crippen MR) is 70.6 cm³/mol. The molecule has 1 saturated heterocycles. The van der Waals surface area contributed by atoms with Crippen molar-refractivity contribution in [1.29, 1.82) is 0 Å². The molecule has 0 radical (unpaired) electrons. The lowest BCUT2D eigenvalue weighted by Gasteiger charge is -2.32. The summed E-state index contributed by atoms with van der Waals surface area (Å²) >= 11 is 5.20. The summed E-state index contributed by atoms with van der Waals surface area (Å²) in [5.41, 5.74) is 4.99. The second kappa shape index (κ2) is 5.07. The molecule has 1 aromatic rings. The molecule has 0 bridgehead atoms. The van der Waals surface area contributed by atoms with Gasteiger partial charge in [-0.1, -0.05) is 30.3 Å². The third-order valence-corrected chi connectivity index (χ3v) is 3.00. The average Bonchev–Trinajstić information content (AvgIpc) is 2.25. The van der Waals surface area contributed by atoms with Gasteiger partial charge < -0.3 is 4.90 Å². The topological polar surface area (TPSA) is 27.6 Å². The van der Waals surface area contributed by atoms with Crippen LogP contribution < -0.4 is 5.43 Å². The van der Waals surface area contributed by atoms with Crippen molar-refractivity contribution in [2.45, 2.75) is 13.3 Å². The van der Waals surface area contributed by atoms with E-state index in [-0.39, 0.29) is 0 Å². The largest absolute Gasteiger partial charge is 0.348 e. The Bertz CT molecular complexity index is 396. The Kier molecular flexibility index (Phi) is 3.51. The van der Waals surface area contributed by atoms with Crippen LogP contribution in [0, 0.1) is 0 Å². The molecular formula is C12H15N3S. The number of thiocarbonyl (C=S) groups is 1. The van der Waals surface area contributed by atoms with Crippen molar-refractivity contribution in [2.75, 3.05) is 13.1 Å². The highest BCUT2D eigenvalue weighted by molar-refractivity contribution is 7.80. The number of hydrogen-bond donors (Lipinski definition) is 1. The van der Waals surface area contributed by atoms with E-state index in [0.717, 1.165) is 29.5 Å². The maximum absolute atomic E-state index is 5.20. The molecule has 0 aromatic heterocycles. The number of likely N-dealkylation sites (tertiary alicyclic amines) is 1. The number of nitrogens with zero attached hydrogens (tertiary/aromatic N) is 2. The molecule has 0 unspecified atom stereocenters. The summed E-state index contributed by atoms with van der Waals surface area (Å²) in [6.45, 7) is 4.07. The zero-order valence-corrected chi connectivity index (χ0v) is 10.1. The Labute approximate surface area is 101 Å². The van der Waals surface area contributed by atoms with Crippen molar-refractivity contribution in [1.82, 2.24) is 10.3 Å². The van der Waals surface area contributed by atoms with Crippen molar-refractivity contribution in [3.63, 3.8) is 0 Å². The maximum Gasteiger partial charge on any atom is 0.189 e.